The Hall–Kier alpha value is -2.44. The van der Waals surface area contributed by atoms with Crippen LogP contribution in [0.2, 0.25) is 0 Å². The first-order valence-corrected chi connectivity index (χ1v) is 4.88. The maximum absolute atomic E-state index is 13.7. The molecule has 2 N–H and O–H groups in total. The Balaban J connectivity index is 2.36. The van der Waals surface area contributed by atoms with E-state index in [0.29, 0.717) is 22.6 Å². The summed E-state index contributed by atoms with van der Waals surface area (Å²) in [5.74, 6) is 0.200. The summed E-state index contributed by atoms with van der Waals surface area (Å²) < 4.78 is 19.7. The Bertz CT molecular complexity index is 702. The molecule has 6 nitrogen and oxygen atoms in total. The van der Waals surface area contributed by atoms with Gasteiger partial charge in [-0.2, -0.15) is 0 Å². The quantitative estimate of drug-likeness (QED) is 0.685. The molecule has 0 unspecified atom stereocenters. The fourth-order valence-corrected chi connectivity index (χ4v) is 1.78. The monoisotopic (exact) mass is 233 g/mol. The number of aryl methyl sites for hydroxylation is 1. The Morgan fingerprint density at radius 2 is 2.18 bits per heavy atom. The van der Waals surface area contributed by atoms with E-state index >= 15 is 0 Å². The first kappa shape index (κ1) is 9.76. The molecule has 3 rings (SSSR count). The number of nitrogens with two attached hydrogens (primary N) is 1. The highest BCUT2D eigenvalue weighted by molar-refractivity contribution is 5.81. The van der Waals surface area contributed by atoms with Gasteiger partial charge in [0.15, 0.2) is 17.3 Å². The molecule has 3 aromatic rings. The van der Waals surface area contributed by atoms with Gasteiger partial charge in [-0.25, -0.2) is 14.0 Å². The van der Waals surface area contributed by atoms with E-state index in [0.717, 1.165) is 0 Å². The molecule has 0 spiro atoms. The van der Waals surface area contributed by atoms with Crippen LogP contribution in [0.1, 0.15) is 0 Å². The third-order valence-corrected chi connectivity index (χ3v) is 2.57. The molecule has 0 atom stereocenters. The molecule has 0 fully saturated rings. The van der Waals surface area contributed by atoms with E-state index in [9.17, 15) is 4.39 Å². The topological polar surface area (TPSA) is 82.8 Å². The van der Waals surface area contributed by atoms with Crippen LogP contribution in [0.3, 0.4) is 0 Å². The minimum Gasteiger partial charge on any atom is -0.379 e. The Kier molecular flexibility index (Phi) is 1.88. The second-order valence-electron chi connectivity index (χ2n) is 3.60. The number of hydrogen-bond acceptors (Lipinski definition) is 5. The van der Waals surface area contributed by atoms with Crippen LogP contribution in [-0.2, 0) is 7.05 Å². The van der Waals surface area contributed by atoms with Gasteiger partial charge in [0.25, 0.3) is 0 Å². The average Bonchev–Trinajstić information content (AvgIpc) is 2.84. The highest BCUT2D eigenvalue weighted by Gasteiger charge is 2.18. The SMILES string of the molecule is Cn1c(-c2nonc2N)nc2cccc(F)c21. The second-order valence-corrected chi connectivity index (χ2v) is 3.60. The first-order chi connectivity index (χ1) is 8.18. The van der Waals surface area contributed by atoms with Gasteiger partial charge in [0.1, 0.15) is 11.3 Å². The van der Waals surface area contributed by atoms with Gasteiger partial charge in [0.05, 0.1) is 5.52 Å². The molecule has 17 heavy (non-hydrogen) atoms. The molecule has 0 aliphatic rings. The summed E-state index contributed by atoms with van der Waals surface area (Å²) >= 11 is 0. The zero-order valence-corrected chi connectivity index (χ0v) is 8.88. The van der Waals surface area contributed by atoms with E-state index in [-0.39, 0.29) is 11.6 Å². The van der Waals surface area contributed by atoms with Crippen molar-refractivity contribution in [2.45, 2.75) is 0 Å². The Labute approximate surface area is 94.8 Å². The summed E-state index contributed by atoms with van der Waals surface area (Å²) in [6.45, 7) is 0. The number of fused-ring (bicyclic) bond motifs is 1. The van der Waals surface area contributed by atoms with Crippen molar-refractivity contribution in [3.8, 4) is 11.5 Å². The van der Waals surface area contributed by atoms with Crippen molar-refractivity contribution in [2.24, 2.45) is 7.05 Å². The van der Waals surface area contributed by atoms with Gasteiger partial charge in [0, 0.05) is 7.05 Å². The molecule has 0 bridgehead atoms. The Morgan fingerprint density at radius 3 is 2.82 bits per heavy atom. The molecule has 86 valence electrons. The smallest absolute Gasteiger partial charge is 0.199 e. The summed E-state index contributed by atoms with van der Waals surface area (Å²) in [5.41, 5.74) is 6.82. The summed E-state index contributed by atoms with van der Waals surface area (Å²) in [7, 11) is 1.68. The minimum atomic E-state index is -0.348. The predicted octanol–water partition coefficient (Wildman–Crippen LogP) is 1.34. The molecule has 7 heteroatoms. The van der Waals surface area contributed by atoms with Crippen LogP contribution in [0.15, 0.2) is 22.8 Å². The lowest BCUT2D eigenvalue weighted by Crippen LogP contribution is -1.97. The zero-order chi connectivity index (χ0) is 12.0. The number of anilines is 1. The largest absolute Gasteiger partial charge is 0.379 e. The summed E-state index contributed by atoms with van der Waals surface area (Å²) in [6, 6.07) is 4.68. The van der Waals surface area contributed by atoms with E-state index < -0.39 is 0 Å². The highest BCUT2D eigenvalue weighted by atomic mass is 19.1. The third kappa shape index (κ3) is 1.28. The molecule has 2 aromatic heterocycles. The molecule has 1 aromatic carbocycles. The van der Waals surface area contributed by atoms with Crippen LogP contribution in [0, 0.1) is 5.82 Å². The number of nitrogen functional groups attached to an aromatic ring is 1. The number of para-hydroxylation sites is 1. The van der Waals surface area contributed by atoms with Crippen LogP contribution in [0.25, 0.3) is 22.6 Å². The van der Waals surface area contributed by atoms with E-state index in [1.54, 1.807) is 23.7 Å². The van der Waals surface area contributed by atoms with Gasteiger partial charge in [-0.05, 0) is 22.4 Å². The maximum atomic E-state index is 13.7. The molecule has 0 amide bonds. The van der Waals surface area contributed by atoms with E-state index in [1.165, 1.54) is 6.07 Å². The normalized spacial score (nSPS) is 11.2. The molecule has 2 heterocycles. The van der Waals surface area contributed by atoms with E-state index in [1.807, 2.05) is 0 Å². The van der Waals surface area contributed by atoms with Crippen LogP contribution >= 0.6 is 0 Å². The minimum absolute atomic E-state index is 0.129. The van der Waals surface area contributed by atoms with Crippen LogP contribution in [-0.4, -0.2) is 19.9 Å². The van der Waals surface area contributed by atoms with Crippen molar-refractivity contribution in [3.05, 3.63) is 24.0 Å². The van der Waals surface area contributed by atoms with Crippen molar-refractivity contribution in [2.75, 3.05) is 5.73 Å². The van der Waals surface area contributed by atoms with Crippen molar-refractivity contribution in [1.29, 1.82) is 0 Å². The molecular weight excluding hydrogens is 225 g/mol. The summed E-state index contributed by atoms with van der Waals surface area (Å²) in [5, 5.41) is 7.13. The van der Waals surface area contributed by atoms with Crippen LogP contribution in [0.4, 0.5) is 10.2 Å². The van der Waals surface area contributed by atoms with Crippen LogP contribution in [0.5, 0.6) is 0 Å². The number of benzene rings is 1. The zero-order valence-electron chi connectivity index (χ0n) is 8.88. The van der Waals surface area contributed by atoms with Gasteiger partial charge in [0.2, 0.25) is 0 Å². The van der Waals surface area contributed by atoms with Crippen molar-refractivity contribution < 1.29 is 9.02 Å². The molecule has 0 radical (unpaired) electrons. The van der Waals surface area contributed by atoms with Gasteiger partial charge in [-0.15, -0.1) is 0 Å². The number of imidazole rings is 1. The lowest BCUT2D eigenvalue weighted by molar-refractivity contribution is 0.310. The van der Waals surface area contributed by atoms with E-state index in [2.05, 4.69) is 19.9 Å². The maximum Gasteiger partial charge on any atom is 0.199 e. The van der Waals surface area contributed by atoms with Crippen LogP contribution < -0.4 is 5.73 Å². The lowest BCUT2D eigenvalue weighted by atomic mass is 10.3. The highest BCUT2D eigenvalue weighted by Crippen LogP contribution is 2.26. The van der Waals surface area contributed by atoms with E-state index in [4.69, 9.17) is 5.73 Å². The number of rotatable bonds is 1. The number of aromatic nitrogens is 4. The summed E-state index contributed by atoms with van der Waals surface area (Å²) in [4.78, 5) is 4.26. The average molecular weight is 233 g/mol. The van der Waals surface area contributed by atoms with Gasteiger partial charge in [-0.1, -0.05) is 6.07 Å². The molecular formula is C10H8FN5O. The molecule has 0 saturated carbocycles. The van der Waals surface area contributed by atoms with Gasteiger partial charge in [-0.3, -0.25) is 0 Å². The summed E-state index contributed by atoms with van der Waals surface area (Å²) in [6.07, 6.45) is 0. The lowest BCUT2D eigenvalue weighted by Gasteiger charge is -1.98. The molecule has 0 aliphatic carbocycles. The predicted molar refractivity (Wildman–Crippen MR) is 58.4 cm³/mol. The number of nitrogens with zero attached hydrogens (tertiary/aromatic N) is 4. The second kappa shape index (κ2) is 3.27. The third-order valence-electron chi connectivity index (χ3n) is 2.57. The van der Waals surface area contributed by atoms with Crippen molar-refractivity contribution in [1.82, 2.24) is 19.9 Å². The van der Waals surface area contributed by atoms with Crippen molar-refractivity contribution in [3.63, 3.8) is 0 Å². The number of hydrogen-bond donors (Lipinski definition) is 1. The number of halogens is 1. The van der Waals surface area contributed by atoms with Gasteiger partial charge >= 0.3 is 0 Å². The van der Waals surface area contributed by atoms with Gasteiger partial charge < -0.3 is 10.3 Å². The van der Waals surface area contributed by atoms with Crippen molar-refractivity contribution >= 4 is 16.9 Å². The molecule has 0 saturated heterocycles. The molecule has 0 aliphatic heterocycles. The fourth-order valence-electron chi connectivity index (χ4n) is 1.78. The standard InChI is InChI=1S/C10H8FN5O/c1-16-8-5(11)3-2-4-6(8)13-10(16)7-9(12)15-17-14-7/h2-4H,1H3,(H2,12,15). The first-order valence-electron chi connectivity index (χ1n) is 4.88. The Morgan fingerprint density at radius 1 is 1.35 bits per heavy atom. The fraction of sp³-hybridized carbons (Fsp3) is 0.100.